The summed E-state index contributed by atoms with van der Waals surface area (Å²) in [6.07, 6.45) is 1.45. The van der Waals surface area contributed by atoms with Gasteiger partial charge in [-0.2, -0.15) is 5.26 Å². The Morgan fingerprint density at radius 2 is 1.83 bits per heavy atom. The number of halogens is 1. The zero-order chi connectivity index (χ0) is 20.8. The van der Waals surface area contributed by atoms with Gasteiger partial charge in [-0.25, -0.2) is 4.79 Å². The van der Waals surface area contributed by atoms with E-state index in [9.17, 15) is 14.9 Å². The van der Waals surface area contributed by atoms with Gasteiger partial charge in [0, 0.05) is 16.0 Å². The molecule has 0 saturated heterocycles. The molecule has 0 saturated carbocycles. The summed E-state index contributed by atoms with van der Waals surface area (Å²) in [5.41, 5.74) is 2.28. The number of amides is 1. The fourth-order valence-corrected chi connectivity index (χ4v) is 3.71. The van der Waals surface area contributed by atoms with Crippen molar-refractivity contribution in [3.05, 3.63) is 81.7 Å². The highest BCUT2D eigenvalue weighted by atomic mass is 35.5. The van der Waals surface area contributed by atoms with Crippen molar-refractivity contribution in [2.24, 2.45) is 0 Å². The van der Waals surface area contributed by atoms with E-state index >= 15 is 0 Å². The topological polar surface area (TPSA) is 79.2 Å². The van der Waals surface area contributed by atoms with Crippen molar-refractivity contribution < 1.29 is 14.3 Å². The molecule has 2 aromatic carbocycles. The Hall–Kier alpha value is -3.40. The van der Waals surface area contributed by atoms with Gasteiger partial charge in [-0.05, 0) is 29.3 Å². The summed E-state index contributed by atoms with van der Waals surface area (Å²) in [4.78, 5) is 25.0. The highest BCUT2D eigenvalue weighted by Gasteiger charge is 2.23. The molecule has 7 heteroatoms. The Bertz CT molecular complexity index is 1110. The zero-order valence-electron chi connectivity index (χ0n) is 15.3. The van der Waals surface area contributed by atoms with Gasteiger partial charge >= 0.3 is 5.97 Å². The Balaban J connectivity index is 1.93. The van der Waals surface area contributed by atoms with Crippen LogP contribution in [-0.4, -0.2) is 19.0 Å². The fraction of sp³-hybridized carbons (Fsp3) is 0.0455. The molecule has 1 aromatic heterocycles. The molecule has 0 fully saturated rings. The van der Waals surface area contributed by atoms with E-state index in [1.165, 1.54) is 24.5 Å². The van der Waals surface area contributed by atoms with Gasteiger partial charge in [0.1, 0.15) is 22.2 Å². The molecule has 0 radical (unpaired) electrons. The van der Waals surface area contributed by atoms with E-state index in [1.807, 2.05) is 36.4 Å². The minimum atomic E-state index is -0.617. The van der Waals surface area contributed by atoms with Crippen molar-refractivity contribution in [1.82, 2.24) is 0 Å². The molecule has 29 heavy (non-hydrogen) atoms. The van der Waals surface area contributed by atoms with Gasteiger partial charge in [-0.3, -0.25) is 4.79 Å². The average molecular weight is 423 g/mol. The van der Waals surface area contributed by atoms with Gasteiger partial charge in [0.15, 0.2) is 0 Å². The number of carbonyl (C=O) groups excluding carboxylic acids is 2. The summed E-state index contributed by atoms with van der Waals surface area (Å²) in [6, 6.07) is 17.9. The van der Waals surface area contributed by atoms with E-state index in [2.05, 4.69) is 5.32 Å². The van der Waals surface area contributed by atoms with Crippen molar-refractivity contribution in [3.63, 3.8) is 0 Å². The second kappa shape index (κ2) is 9.20. The van der Waals surface area contributed by atoms with Crippen LogP contribution in [0.15, 0.2) is 65.6 Å². The van der Waals surface area contributed by atoms with E-state index in [-0.39, 0.29) is 11.1 Å². The van der Waals surface area contributed by atoms with Gasteiger partial charge in [0.25, 0.3) is 5.91 Å². The number of esters is 1. The normalized spacial score (nSPS) is 10.9. The number of nitriles is 1. The van der Waals surface area contributed by atoms with Gasteiger partial charge in [-0.1, -0.05) is 54.1 Å². The lowest BCUT2D eigenvalue weighted by Crippen LogP contribution is -2.15. The van der Waals surface area contributed by atoms with Gasteiger partial charge in [0.2, 0.25) is 0 Å². The second-order valence-electron chi connectivity index (χ2n) is 5.89. The first kappa shape index (κ1) is 20.3. The van der Waals surface area contributed by atoms with Crippen LogP contribution in [0.3, 0.4) is 0 Å². The Kier molecular flexibility index (Phi) is 6.45. The molecule has 0 unspecified atom stereocenters. The average Bonchev–Trinajstić information content (AvgIpc) is 3.16. The zero-order valence-corrected chi connectivity index (χ0v) is 16.9. The lowest BCUT2D eigenvalue weighted by molar-refractivity contribution is -0.112. The Morgan fingerprint density at radius 3 is 2.45 bits per heavy atom. The number of ether oxygens (including phenoxy) is 1. The molecule has 1 heterocycles. The third-order valence-electron chi connectivity index (χ3n) is 4.04. The van der Waals surface area contributed by atoms with Gasteiger partial charge in [0.05, 0.1) is 7.11 Å². The second-order valence-corrected chi connectivity index (χ2v) is 7.20. The van der Waals surface area contributed by atoms with Crippen LogP contribution in [0.2, 0.25) is 5.02 Å². The van der Waals surface area contributed by atoms with Crippen molar-refractivity contribution in [2.45, 2.75) is 0 Å². The molecule has 0 bridgehead atoms. The first-order valence-corrected chi connectivity index (χ1v) is 9.73. The molecule has 0 spiro atoms. The smallest absolute Gasteiger partial charge is 0.341 e. The minimum Gasteiger partial charge on any atom is -0.465 e. The van der Waals surface area contributed by atoms with Crippen LogP contribution in [-0.2, 0) is 9.53 Å². The van der Waals surface area contributed by atoms with Crippen LogP contribution in [0.1, 0.15) is 15.9 Å². The quantitative estimate of drug-likeness (QED) is 0.339. The summed E-state index contributed by atoms with van der Waals surface area (Å²) < 4.78 is 4.90. The number of nitrogens with one attached hydrogen (secondary N) is 1. The monoisotopic (exact) mass is 422 g/mol. The standard InChI is InChI=1S/C22H15ClN2O3S/c1-28-22(27)19-18(15-5-3-2-4-6-15)13-29-21(19)25-20(26)16(12-24)11-14-7-9-17(23)10-8-14/h2-11,13H,1H3,(H,25,26). The maximum atomic E-state index is 12.7. The van der Waals surface area contributed by atoms with Gasteiger partial charge in [-0.15, -0.1) is 11.3 Å². The van der Waals surface area contributed by atoms with Crippen molar-refractivity contribution in [3.8, 4) is 17.2 Å². The number of benzene rings is 2. The largest absolute Gasteiger partial charge is 0.465 e. The number of anilines is 1. The van der Waals surface area contributed by atoms with Crippen LogP contribution in [0, 0.1) is 11.3 Å². The van der Waals surface area contributed by atoms with Crippen LogP contribution in [0.25, 0.3) is 17.2 Å². The predicted octanol–water partition coefficient (Wildman–Crippen LogP) is 5.40. The highest BCUT2D eigenvalue weighted by molar-refractivity contribution is 7.15. The number of nitrogens with zero attached hydrogens (tertiary/aromatic N) is 1. The summed E-state index contributed by atoms with van der Waals surface area (Å²) in [5, 5.41) is 14.7. The Labute approximate surface area is 176 Å². The summed E-state index contributed by atoms with van der Waals surface area (Å²) in [6.45, 7) is 0. The number of hydrogen-bond donors (Lipinski definition) is 1. The minimum absolute atomic E-state index is 0.0993. The summed E-state index contributed by atoms with van der Waals surface area (Å²) >= 11 is 7.05. The van der Waals surface area contributed by atoms with E-state index < -0.39 is 11.9 Å². The number of hydrogen-bond acceptors (Lipinski definition) is 5. The van der Waals surface area contributed by atoms with Crippen LogP contribution in [0.4, 0.5) is 5.00 Å². The van der Waals surface area contributed by atoms with Crippen LogP contribution >= 0.6 is 22.9 Å². The molecule has 0 atom stereocenters. The molecular formula is C22H15ClN2O3S. The summed E-state index contributed by atoms with van der Waals surface area (Å²) in [5.74, 6) is -1.19. The number of methoxy groups -OCH3 is 1. The maximum absolute atomic E-state index is 12.7. The predicted molar refractivity (Wildman–Crippen MR) is 115 cm³/mol. The third-order valence-corrected chi connectivity index (χ3v) is 5.19. The molecule has 5 nitrogen and oxygen atoms in total. The van der Waals surface area contributed by atoms with E-state index in [0.717, 1.165) is 5.56 Å². The molecule has 1 N–H and O–H groups in total. The Morgan fingerprint density at radius 1 is 1.14 bits per heavy atom. The summed E-state index contributed by atoms with van der Waals surface area (Å²) in [7, 11) is 1.28. The lowest BCUT2D eigenvalue weighted by atomic mass is 10.0. The van der Waals surface area contributed by atoms with E-state index in [4.69, 9.17) is 16.3 Å². The fourth-order valence-electron chi connectivity index (χ4n) is 2.63. The van der Waals surface area contributed by atoms with Crippen LogP contribution in [0.5, 0.6) is 0 Å². The first-order valence-electron chi connectivity index (χ1n) is 8.47. The maximum Gasteiger partial charge on any atom is 0.341 e. The number of rotatable bonds is 5. The molecule has 3 rings (SSSR count). The highest BCUT2D eigenvalue weighted by Crippen LogP contribution is 2.36. The number of thiophene rings is 1. The van der Waals surface area contributed by atoms with Crippen molar-refractivity contribution >= 4 is 45.9 Å². The molecule has 144 valence electrons. The lowest BCUT2D eigenvalue weighted by Gasteiger charge is -2.07. The van der Waals surface area contributed by atoms with Gasteiger partial charge < -0.3 is 10.1 Å². The molecule has 0 aliphatic rings. The molecule has 0 aliphatic heterocycles. The third kappa shape index (κ3) is 4.72. The molecule has 0 aliphatic carbocycles. The first-order chi connectivity index (χ1) is 14.0. The van der Waals surface area contributed by atoms with Crippen molar-refractivity contribution in [1.29, 1.82) is 5.26 Å². The number of carbonyl (C=O) groups is 2. The van der Waals surface area contributed by atoms with E-state index in [1.54, 1.807) is 29.6 Å². The SMILES string of the molecule is COC(=O)c1c(-c2ccccc2)csc1NC(=O)C(C#N)=Cc1ccc(Cl)cc1. The van der Waals surface area contributed by atoms with Crippen molar-refractivity contribution in [2.75, 3.05) is 12.4 Å². The van der Waals surface area contributed by atoms with E-state index in [0.29, 0.717) is 21.2 Å². The van der Waals surface area contributed by atoms with Crippen LogP contribution < -0.4 is 5.32 Å². The molecule has 3 aromatic rings. The molecular weight excluding hydrogens is 408 g/mol. The molecule has 1 amide bonds.